The van der Waals surface area contributed by atoms with Gasteiger partial charge >= 0.3 is 0 Å². The number of nitrogens with zero attached hydrogens (tertiary/aromatic N) is 2. The normalized spacial score (nSPS) is 10.5. The standard InChI is InChI=1S/C20H21FN4O3/c1-27-17-8-3-13(11-18(17)28-2)9-10-23-20(26)16-12-24-25(19(16)22)15-6-4-14(21)5-7-15/h3-8,11-12H,9-10,22H2,1-2H3,(H,23,26). The van der Waals surface area contributed by atoms with Gasteiger partial charge in [-0.2, -0.15) is 5.10 Å². The second-order valence-electron chi connectivity index (χ2n) is 6.03. The van der Waals surface area contributed by atoms with Crippen LogP contribution in [0.25, 0.3) is 5.69 Å². The number of methoxy groups -OCH3 is 2. The van der Waals surface area contributed by atoms with E-state index in [1.165, 1.54) is 35.1 Å². The van der Waals surface area contributed by atoms with Crippen molar-refractivity contribution in [3.63, 3.8) is 0 Å². The second-order valence-corrected chi connectivity index (χ2v) is 6.03. The summed E-state index contributed by atoms with van der Waals surface area (Å²) in [6.07, 6.45) is 2.00. The Bertz CT molecular complexity index is 970. The molecule has 3 N–H and O–H groups in total. The lowest BCUT2D eigenvalue weighted by Crippen LogP contribution is -2.26. The summed E-state index contributed by atoms with van der Waals surface area (Å²) < 4.78 is 24.9. The number of amides is 1. The predicted octanol–water partition coefficient (Wildman–Crippen LogP) is 2.58. The number of nitrogens with one attached hydrogen (secondary N) is 1. The van der Waals surface area contributed by atoms with Crippen molar-refractivity contribution in [1.29, 1.82) is 0 Å². The third-order valence-corrected chi connectivity index (χ3v) is 4.27. The van der Waals surface area contributed by atoms with Gasteiger partial charge in [-0.05, 0) is 48.4 Å². The molecule has 1 amide bonds. The SMILES string of the molecule is COc1ccc(CCNC(=O)c2cnn(-c3ccc(F)cc3)c2N)cc1OC. The molecule has 0 aliphatic carbocycles. The van der Waals surface area contributed by atoms with Crippen LogP contribution in [-0.2, 0) is 6.42 Å². The number of halogens is 1. The number of ether oxygens (including phenoxy) is 2. The summed E-state index contributed by atoms with van der Waals surface area (Å²) in [5.74, 6) is 0.789. The topological polar surface area (TPSA) is 91.4 Å². The lowest BCUT2D eigenvalue weighted by Gasteiger charge is -2.10. The van der Waals surface area contributed by atoms with Crippen LogP contribution in [0, 0.1) is 5.82 Å². The van der Waals surface area contributed by atoms with Crippen LogP contribution in [0.1, 0.15) is 15.9 Å². The van der Waals surface area contributed by atoms with Gasteiger partial charge in [0.15, 0.2) is 11.5 Å². The van der Waals surface area contributed by atoms with Crippen molar-refractivity contribution < 1.29 is 18.7 Å². The minimum atomic E-state index is -0.359. The Morgan fingerprint density at radius 2 is 1.86 bits per heavy atom. The van der Waals surface area contributed by atoms with Gasteiger partial charge in [-0.15, -0.1) is 0 Å². The molecule has 0 saturated carbocycles. The highest BCUT2D eigenvalue weighted by Crippen LogP contribution is 2.27. The van der Waals surface area contributed by atoms with E-state index in [1.807, 2.05) is 18.2 Å². The number of hydrogen-bond acceptors (Lipinski definition) is 5. The van der Waals surface area contributed by atoms with Gasteiger partial charge in [-0.1, -0.05) is 6.07 Å². The third kappa shape index (κ3) is 4.06. The van der Waals surface area contributed by atoms with Gasteiger partial charge in [0.25, 0.3) is 5.91 Å². The zero-order valence-electron chi connectivity index (χ0n) is 15.6. The van der Waals surface area contributed by atoms with Gasteiger partial charge in [0.1, 0.15) is 17.2 Å². The molecule has 0 saturated heterocycles. The Morgan fingerprint density at radius 3 is 2.54 bits per heavy atom. The number of hydrogen-bond donors (Lipinski definition) is 2. The number of carbonyl (C=O) groups is 1. The number of carbonyl (C=O) groups excluding carboxylic acids is 1. The Kier molecular flexibility index (Phi) is 5.78. The molecule has 0 radical (unpaired) electrons. The van der Waals surface area contributed by atoms with Crippen molar-refractivity contribution in [1.82, 2.24) is 15.1 Å². The monoisotopic (exact) mass is 384 g/mol. The minimum Gasteiger partial charge on any atom is -0.493 e. The fourth-order valence-corrected chi connectivity index (χ4v) is 2.77. The highest BCUT2D eigenvalue weighted by atomic mass is 19.1. The van der Waals surface area contributed by atoms with Gasteiger partial charge in [-0.3, -0.25) is 4.79 Å². The molecule has 0 aliphatic heterocycles. The molecule has 28 heavy (non-hydrogen) atoms. The molecular weight excluding hydrogens is 363 g/mol. The highest BCUT2D eigenvalue weighted by Gasteiger charge is 2.16. The molecule has 0 spiro atoms. The maximum absolute atomic E-state index is 13.1. The molecule has 2 aromatic carbocycles. The van der Waals surface area contributed by atoms with Crippen molar-refractivity contribution >= 4 is 11.7 Å². The molecule has 3 aromatic rings. The molecule has 8 heteroatoms. The fraction of sp³-hybridized carbons (Fsp3) is 0.200. The quantitative estimate of drug-likeness (QED) is 0.653. The maximum atomic E-state index is 13.1. The van der Waals surface area contributed by atoms with Crippen LogP contribution in [0.5, 0.6) is 11.5 Å². The second kappa shape index (κ2) is 8.43. The lowest BCUT2D eigenvalue weighted by atomic mass is 10.1. The first kappa shape index (κ1) is 19.2. The Labute approximate surface area is 161 Å². The van der Waals surface area contributed by atoms with Crippen LogP contribution >= 0.6 is 0 Å². The van der Waals surface area contributed by atoms with E-state index in [9.17, 15) is 9.18 Å². The first-order valence-corrected chi connectivity index (χ1v) is 8.62. The molecule has 0 aliphatic rings. The van der Waals surface area contributed by atoms with Gasteiger partial charge in [0.2, 0.25) is 0 Å². The number of rotatable bonds is 7. The number of anilines is 1. The molecule has 0 bridgehead atoms. The predicted molar refractivity (Wildman–Crippen MR) is 104 cm³/mol. The van der Waals surface area contributed by atoms with E-state index in [2.05, 4.69) is 10.4 Å². The average Bonchev–Trinajstić information content (AvgIpc) is 3.09. The van der Waals surface area contributed by atoms with Crippen molar-refractivity contribution in [3.05, 3.63) is 65.6 Å². The van der Waals surface area contributed by atoms with Crippen molar-refractivity contribution in [2.24, 2.45) is 0 Å². The summed E-state index contributed by atoms with van der Waals surface area (Å²) in [6, 6.07) is 11.3. The first-order valence-electron chi connectivity index (χ1n) is 8.62. The highest BCUT2D eigenvalue weighted by molar-refractivity contribution is 5.98. The zero-order chi connectivity index (χ0) is 20.1. The molecule has 146 valence electrons. The summed E-state index contributed by atoms with van der Waals surface area (Å²) in [7, 11) is 3.15. The largest absolute Gasteiger partial charge is 0.493 e. The van der Waals surface area contributed by atoms with E-state index in [1.54, 1.807) is 14.2 Å². The summed E-state index contributed by atoms with van der Waals surface area (Å²) >= 11 is 0. The van der Waals surface area contributed by atoms with Crippen LogP contribution in [0.3, 0.4) is 0 Å². The average molecular weight is 384 g/mol. The van der Waals surface area contributed by atoms with Crippen molar-refractivity contribution in [2.75, 3.05) is 26.5 Å². The Morgan fingerprint density at radius 1 is 1.14 bits per heavy atom. The van der Waals surface area contributed by atoms with Crippen molar-refractivity contribution in [2.45, 2.75) is 6.42 Å². The maximum Gasteiger partial charge on any atom is 0.256 e. The van der Waals surface area contributed by atoms with Gasteiger partial charge in [0, 0.05) is 6.54 Å². The molecule has 0 atom stereocenters. The van der Waals surface area contributed by atoms with Crippen LogP contribution in [-0.4, -0.2) is 36.5 Å². The Balaban J connectivity index is 1.63. The molecule has 0 unspecified atom stereocenters. The van der Waals surface area contributed by atoms with E-state index in [4.69, 9.17) is 15.2 Å². The lowest BCUT2D eigenvalue weighted by molar-refractivity contribution is 0.0955. The summed E-state index contributed by atoms with van der Waals surface area (Å²) in [6.45, 7) is 0.412. The van der Waals surface area contributed by atoms with E-state index < -0.39 is 0 Å². The summed E-state index contributed by atoms with van der Waals surface area (Å²) in [5, 5.41) is 6.95. The molecular formula is C20H21FN4O3. The van der Waals surface area contributed by atoms with Crippen LogP contribution in [0.2, 0.25) is 0 Å². The van der Waals surface area contributed by atoms with Gasteiger partial charge < -0.3 is 20.5 Å². The molecule has 1 heterocycles. The van der Waals surface area contributed by atoms with Crippen molar-refractivity contribution in [3.8, 4) is 17.2 Å². The number of benzene rings is 2. The summed E-state index contributed by atoms with van der Waals surface area (Å²) in [4.78, 5) is 12.4. The van der Waals surface area contributed by atoms with E-state index >= 15 is 0 Å². The van der Waals surface area contributed by atoms with E-state index in [-0.39, 0.29) is 23.1 Å². The number of nitrogen functional groups attached to an aromatic ring is 1. The first-order chi connectivity index (χ1) is 13.5. The smallest absolute Gasteiger partial charge is 0.256 e. The zero-order valence-corrected chi connectivity index (χ0v) is 15.6. The van der Waals surface area contributed by atoms with Crippen LogP contribution < -0.4 is 20.5 Å². The number of aromatic nitrogens is 2. The summed E-state index contributed by atoms with van der Waals surface area (Å²) in [5.41, 5.74) is 7.87. The van der Waals surface area contributed by atoms with Crippen LogP contribution in [0.15, 0.2) is 48.7 Å². The fourth-order valence-electron chi connectivity index (χ4n) is 2.77. The van der Waals surface area contributed by atoms with E-state index in [0.29, 0.717) is 30.2 Å². The van der Waals surface area contributed by atoms with E-state index in [0.717, 1.165) is 5.56 Å². The molecule has 1 aromatic heterocycles. The molecule has 0 fully saturated rings. The molecule has 3 rings (SSSR count). The molecule has 7 nitrogen and oxygen atoms in total. The number of nitrogens with two attached hydrogens (primary N) is 1. The third-order valence-electron chi connectivity index (χ3n) is 4.27. The van der Waals surface area contributed by atoms with Crippen LogP contribution in [0.4, 0.5) is 10.2 Å². The van der Waals surface area contributed by atoms with Gasteiger partial charge in [-0.25, -0.2) is 9.07 Å². The minimum absolute atomic E-state index is 0.190. The van der Waals surface area contributed by atoms with Gasteiger partial charge in [0.05, 0.1) is 26.1 Å². The Hall–Kier alpha value is -3.55.